The lowest BCUT2D eigenvalue weighted by atomic mass is 9.96. The van der Waals surface area contributed by atoms with Crippen LogP contribution < -0.4 is 15.2 Å². The van der Waals surface area contributed by atoms with E-state index in [1.54, 1.807) is 26.4 Å². The molecule has 0 radical (unpaired) electrons. The smallest absolute Gasteiger partial charge is 0.189 e. The average Bonchev–Trinajstić information content (AvgIpc) is 3.07. The maximum absolute atomic E-state index is 12.6. The summed E-state index contributed by atoms with van der Waals surface area (Å²) in [4.78, 5) is 17.3. The van der Waals surface area contributed by atoms with E-state index in [0.717, 1.165) is 36.8 Å². The molecule has 1 aliphatic heterocycles. The molecular formula is C36H44ClN3O5. The number of halogens is 1. The molecule has 2 atom stereocenters. The lowest BCUT2D eigenvalue weighted by Gasteiger charge is -2.41. The van der Waals surface area contributed by atoms with Crippen LogP contribution in [0.15, 0.2) is 91.0 Å². The monoisotopic (exact) mass is 633 g/mol. The van der Waals surface area contributed by atoms with Crippen molar-refractivity contribution in [3.05, 3.63) is 113 Å². The Labute approximate surface area is 272 Å². The number of hydrogen-bond donors (Lipinski definition) is 1. The van der Waals surface area contributed by atoms with Gasteiger partial charge in [-0.25, -0.2) is 0 Å². The van der Waals surface area contributed by atoms with Gasteiger partial charge in [-0.05, 0) is 53.5 Å². The maximum Gasteiger partial charge on any atom is 0.189 e. The molecule has 0 amide bonds. The van der Waals surface area contributed by atoms with Crippen LogP contribution in [0.3, 0.4) is 0 Å². The highest BCUT2D eigenvalue weighted by Crippen LogP contribution is 2.31. The summed E-state index contributed by atoms with van der Waals surface area (Å²) in [7, 11) is 3.21. The van der Waals surface area contributed by atoms with Gasteiger partial charge in [-0.3, -0.25) is 14.6 Å². The second-order valence-corrected chi connectivity index (χ2v) is 11.2. The summed E-state index contributed by atoms with van der Waals surface area (Å²) in [5.41, 5.74) is 9.95. The first-order valence-corrected chi connectivity index (χ1v) is 15.7. The first kappa shape index (κ1) is 34.4. The Morgan fingerprint density at radius 1 is 0.889 bits per heavy atom. The standard InChI is InChI=1S/C36H44ClN3O5/c1-42-24-25-44-27-45-33-18-12-28(26-34(33)43-2)8-6-7-11-32(41)17-19-35(38)39-20-22-40(23-21-39)36(29-9-4-3-5-10-29)30-13-15-31(37)16-14-30/h3-16,18,26,35-36H,17,19-25,27,38H2,1-2H3. The average molecular weight is 634 g/mol. The quantitative estimate of drug-likeness (QED) is 0.0844. The minimum Gasteiger partial charge on any atom is -0.493 e. The molecular weight excluding hydrogens is 590 g/mol. The van der Waals surface area contributed by atoms with Crippen molar-refractivity contribution in [1.82, 2.24) is 9.80 Å². The number of rotatable bonds is 17. The molecule has 0 aromatic heterocycles. The highest BCUT2D eigenvalue weighted by Gasteiger charge is 2.28. The van der Waals surface area contributed by atoms with Crippen molar-refractivity contribution in [2.24, 2.45) is 5.73 Å². The molecule has 2 N–H and O–H groups in total. The zero-order valence-corrected chi connectivity index (χ0v) is 26.9. The number of methoxy groups -OCH3 is 2. The predicted molar refractivity (Wildman–Crippen MR) is 180 cm³/mol. The Balaban J connectivity index is 1.22. The van der Waals surface area contributed by atoms with Gasteiger partial charge >= 0.3 is 0 Å². The molecule has 45 heavy (non-hydrogen) atoms. The molecule has 1 heterocycles. The molecule has 8 nitrogen and oxygen atoms in total. The molecule has 0 bridgehead atoms. The Hall–Kier alpha value is -3.50. The molecule has 4 rings (SSSR count). The van der Waals surface area contributed by atoms with Crippen molar-refractivity contribution in [3.63, 3.8) is 0 Å². The molecule has 1 saturated heterocycles. The summed E-state index contributed by atoms with van der Waals surface area (Å²) in [5.74, 6) is 1.24. The van der Waals surface area contributed by atoms with Gasteiger partial charge in [0.1, 0.15) is 0 Å². The zero-order valence-electron chi connectivity index (χ0n) is 26.1. The molecule has 3 aromatic rings. The number of piperazine rings is 1. The van der Waals surface area contributed by atoms with E-state index in [4.69, 9.17) is 36.3 Å². The third-order valence-corrected chi connectivity index (χ3v) is 8.02. The van der Waals surface area contributed by atoms with Gasteiger partial charge in [0.05, 0.1) is 32.5 Å². The van der Waals surface area contributed by atoms with E-state index in [9.17, 15) is 4.79 Å². The summed E-state index contributed by atoms with van der Waals surface area (Å²) in [6.45, 7) is 4.53. The predicted octanol–water partition coefficient (Wildman–Crippen LogP) is 5.96. The zero-order chi connectivity index (χ0) is 31.9. The first-order chi connectivity index (χ1) is 22.0. The number of nitrogens with zero attached hydrogens (tertiary/aromatic N) is 2. The molecule has 2 unspecified atom stereocenters. The van der Waals surface area contributed by atoms with Gasteiger partial charge < -0.3 is 24.7 Å². The Morgan fingerprint density at radius 3 is 2.31 bits per heavy atom. The minimum atomic E-state index is -0.163. The van der Waals surface area contributed by atoms with Crippen LogP contribution in [0.1, 0.15) is 35.6 Å². The molecule has 0 aliphatic carbocycles. The molecule has 0 saturated carbocycles. The number of carbonyl (C=O) groups is 1. The number of benzene rings is 3. The minimum absolute atomic E-state index is 0.0513. The van der Waals surface area contributed by atoms with Gasteiger partial charge in [-0.15, -0.1) is 0 Å². The van der Waals surface area contributed by atoms with Gasteiger partial charge in [0.15, 0.2) is 24.1 Å². The van der Waals surface area contributed by atoms with Gasteiger partial charge in [-0.2, -0.15) is 0 Å². The van der Waals surface area contributed by atoms with Gasteiger partial charge in [0.2, 0.25) is 0 Å². The molecule has 3 aromatic carbocycles. The van der Waals surface area contributed by atoms with Crippen LogP contribution in [0.5, 0.6) is 11.5 Å². The molecule has 1 fully saturated rings. The maximum atomic E-state index is 12.6. The van der Waals surface area contributed by atoms with Crippen molar-refractivity contribution in [2.45, 2.75) is 25.0 Å². The largest absolute Gasteiger partial charge is 0.493 e. The van der Waals surface area contributed by atoms with Crippen LogP contribution >= 0.6 is 11.6 Å². The van der Waals surface area contributed by atoms with Gasteiger partial charge in [0.25, 0.3) is 0 Å². The van der Waals surface area contributed by atoms with E-state index in [1.807, 2.05) is 48.6 Å². The van der Waals surface area contributed by atoms with Crippen LogP contribution in [0, 0.1) is 0 Å². The third kappa shape index (κ3) is 10.8. The number of ketones is 1. The topological polar surface area (TPSA) is 86.5 Å². The first-order valence-electron chi connectivity index (χ1n) is 15.3. The van der Waals surface area contributed by atoms with E-state index < -0.39 is 0 Å². The fraction of sp³-hybridized carbons (Fsp3) is 0.361. The normalized spacial score (nSPS) is 15.8. The molecule has 9 heteroatoms. The second-order valence-electron chi connectivity index (χ2n) is 10.8. The van der Waals surface area contributed by atoms with Crippen LogP contribution in [-0.4, -0.2) is 82.2 Å². The van der Waals surface area contributed by atoms with Crippen molar-refractivity contribution in [3.8, 4) is 11.5 Å². The van der Waals surface area contributed by atoms with E-state index in [1.165, 1.54) is 11.1 Å². The van der Waals surface area contributed by atoms with Gasteiger partial charge in [0, 0.05) is 44.7 Å². The number of hydrogen-bond acceptors (Lipinski definition) is 8. The summed E-state index contributed by atoms with van der Waals surface area (Å²) < 4.78 is 21.4. The van der Waals surface area contributed by atoms with Crippen molar-refractivity contribution < 1.29 is 23.7 Å². The Kier molecular flexibility index (Phi) is 14.1. The Bertz CT molecular complexity index is 1380. The van der Waals surface area contributed by atoms with Crippen molar-refractivity contribution in [2.75, 3.05) is 60.4 Å². The molecule has 0 spiro atoms. The van der Waals surface area contributed by atoms with Gasteiger partial charge in [-0.1, -0.05) is 78.4 Å². The van der Waals surface area contributed by atoms with Crippen molar-refractivity contribution >= 4 is 23.5 Å². The summed E-state index contributed by atoms with van der Waals surface area (Å²) >= 11 is 6.17. The van der Waals surface area contributed by atoms with Crippen molar-refractivity contribution in [1.29, 1.82) is 0 Å². The number of carbonyl (C=O) groups excluding carboxylic acids is 1. The molecule has 1 aliphatic rings. The number of allylic oxidation sites excluding steroid dienone is 3. The Morgan fingerprint density at radius 2 is 1.60 bits per heavy atom. The van der Waals surface area contributed by atoms with E-state index in [2.05, 4.69) is 46.2 Å². The third-order valence-electron chi connectivity index (χ3n) is 7.77. The summed E-state index contributed by atoms with van der Waals surface area (Å²) in [5, 5.41) is 0.736. The van der Waals surface area contributed by atoms with Crippen LogP contribution in [-0.2, 0) is 14.3 Å². The van der Waals surface area contributed by atoms with E-state index in [-0.39, 0.29) is 24.8 Å². The lowest BCUT2D eigenvalue weighted by Crippen LogP contribution is -2.54. The number of nitrogens with two attached hydrogens (primary N) is 1. The van der Waals surface area contributed by atoms with E-state index >= 15 is 0 Å². The fourth-order valence-electron chi connectivity index (χ4n) is 5.32. The van der Waals surface area contributed by atoms with E-state index in [0.29, 0.717) is 37.6 Å². The van der Waals surface area contributed by atoms with Crippen LogP contribution in [0.25, 0.3) is 6.08 Å². The lowest BCUT2D eigenvalue weighted by molar-refractivity contribution is -0.115. The molecule has 240 valence electrons. The summed E-state index contributed by atoms with van der Waals surface area (Å²) in [6.07, 6.45) is 7.95. The second kappa shape index (κ2) is 18.5. The summed E-state index contributed by atoms with van der Waals surface area (Å²) in [6, 6.07) is 24.4. The highest BCUT2D eigenvalue weighted by molar-refractivity contribution is 6.30. The SMILES string of the molecule is COCCOCOc1ccc(C=CC=CC(=O)CCC(N)N2CCN(C(c3ccccc3)c3ccc(Cl)cc3)CC2)cc1OC. The van der Waals surface area contributed by atoms with Crippen LogP contribution in [0.2, 0.25) is 5.02 Å². The number of ether oxygens (including phenoxy) is 4. The van der Waals surface area contributed by atoms with Crippen LogP contribution in [0.4, 0.5) is 0 Å². The fourth-order valence-corrected chi connectivity index (χ4v) is 5.45. The highest BCUT2D eigenvalue weighted by atomic mass is 35.5.